The van der Waals surface area contributed by atoms with Gasteiger partial charge in [-0.2, -0.15) is 14.7 Å². The third-order valence-corrected chi connectivity index (χ3v) is 6.44. The quantitative estimate of drug-likeness (QED) is 0.281. The third-order valence-electron chi connectivity index (χ3n) is 5.32. The summed E-state index contributed by atoms with van der Waals surface area (Å²) in [7, 11) is 0. The van der Waals surface area contributed by atoms with Gasteiger partial charge in [-0.05, 0) is 48.6 Å². The smallest absolute Gasteiger partial charge is 0.235 e. The van der Waals surface area contributed by atoms with E-state index in [4.69, 9.17) is 21.8 Å². The highest BCUT2D eigenvalue weighted by Gasteiger charge is 2.14. The number of para-hydroxylation sites is 1. The van der Waals surface area contributed by atoms with Gasteiger partial charge in [-0.15, -0.1) is 10.2 Å². The molecule has 0 radical (unpaired) electrons. The molecule has 3 aromatic carbocycles. The number of nitrogens with zero attached hydrogens (tertiary/aromatic N) is 6. The lowest BCUT2D eigenvalue weighted by atomic mass is 10.1. The Kier molecular flexibility index (Phi) is 5.25. The summed E-state index contributed by atoms with van der Waals surface area (Å²) in [6.45, 7) is 0. The van der Waals surface area contributed by atoms with Gasteiger partial charge in [0.25, 0.3) is 0 Å². The summed E-state index contributed by atoms with van der Waals surface area (Å²) in [6.07, 6.45) is 6.07. The van der Waals surface area contributed by atoms with Crippen molar-refractivity contribution in [1.29, 1.82) is 0 Å². The second-order valence-corrected chi connectivity index (χ2v) is 9.00. The Morgan fingerprint density at radius 2 is 1.47 bits per heavy atom. The fourth-order valence-electron chi connectivity index (χ4n) is 3.68. The van der Waals surface area contributed by atoms with Crippen molar-refractivity contribution in [3.8, 4) is 28.3 Å². The second-order valence-electron chi connectivity index (χ2n) is 7.58. The summed E-state index contributed by atoms with van der Waals surface area (Å²) in [4.78, 5) is 0.730. The van der Waals surface area contributed by atoms with Crippen molar-refractivity contribution in [3.63, 3.8) is 0 Å². The minimum atomic E-state index is 0.677. The van der Waals surface area contributed by atoms with Crippen LogP contribution in [0.5, 0.6) is 0 Å². The summed E-state index contributed by atoms with van der Waals surface area (Å²) in [5, 5.41) is 19.7. The van der Waals surface area contributed by atoms with Crippen LogP contribution in [0.3, 0.4) is 0 Å². The van der Waals surface area contributed by atoms with Crippen LogP contribution in [0.4, 0.5) is 0 Å². The molecule has 3 aromatic heterocycles. The fraction of sp³-hybridized carbons (Fsp3) is 0. The molecule has 0 aliphatic rings. The third kappa shape index (κ3) is 3.91. The SMILES string of the molecule is Clc1ccc(-c2nnc3sc(/C=C/c4cn(-c5ccccc5)nc4-c4ccccc4)nn23)cc1. The number of aromatic nitrogens is 6. The average Bonchev–Trinajstić information content (AvgIpc) is 3.59. The van der Waals surface area contributed by atoms with E-state index in [1.165, 1.54) is 11.3 Å². The Bertz CT molecular complexity index is 1600. The molecule has 0 saturated carbocycles. The van der Waals surface area contributed by atoms with Crippen molar-refractivity contribution in [2.45, 2.75) is 0 Å². The molecule has 0 fully saturated rings. The highest BCUT2D eigenvalue weighted by molar-refractivity contribution is 7.17. The van der Waals surface area contributed by atoms with E-state index in [0.29, 0.717) is 10.8 Å². The molecule has 0 unspecified atom stereocenters. The van der Waals surface area contributed by atoms with Crippen LogP contribution in [0.2, 0.25) is 5.02 Å². The molecule has 0 aliphatic carbocycles. The van der Waals surface area contributed by atoms with E-state index in [9.17, 15) is 0 Å². The highest BCUT2D eigenvalue weighted by Crippen LogP contribution is 2.27. The van der Waals surface area contributed by atoms with Crippen molar-refractivity contribution >= 4 is 40.1 Å². The lowest BCUT2D eigenvalue weighted by Crippen LogP contribution is -1.93. The Balaban J connectivity index is 1.38. The number of rotatable bonds is 5. The molecule has 0 spiro atoms. The van der Waals surface area contributed by atoms with Gasteiger partial charge in [0.15, 0.2) is 5.82 Å². The van der Waals surface area contributed by atoms with E-state index >= 15 is 0 Å². The van der Waals surface area contributed by atoms with E-state index in [1.807, 2.05) is 95.8 Å². The zero-order valence-electron chi connectivity index (χ0n) is 17.8. The molecule has 0 atom stereocenters. The molecular weight excluding hydrogens is 464 g/mol. The first-order valence-electron chi connectivity index (χ1n) is 10.6. The van der Waals surface area contributed by atoms with Gasteiger partial charge in [0.2, 0.25) is 4.96 Å². The van der Waals surface area contributed by atoms with Crippen LogP contribution in [0.1, 0.15) is 10.6 Å². The number of hydrogen-bond donors (Lipinski definition) is 0. The fourth-order valence-corrected chi connectivity index (χ4v) is 4.55. The standard InChI is InChI=1S/C26H17ClN6S/c27-21-14-11-19(12-15-21)25-28-29-26-33(25)30-23(34-26)16-13-20-17-32(22-9-5-2-6-10-22)31-24(20)18-7-3-1-4-8-18/h1-17H/b16-13+. The lowest BCUT2D eigenvalue weighted by molar-refractivity contribution is 0.884. The predicted molar refractivity (Wildman–Crippen MR) is 137 cm³/mol. The zero-order chi connectivity index (χ0) is 22.9. The largest absolute Gasteiger partial charge is 0.240 e. The van der Waals surface area contributed by atoms with E-state index < -0.39 is 0 Å². The Morgan fingerprint density at radius 3 is 2.24 bits per heavy atom. The van der Waals surface area contributed by atoms with Crippen LogP contribution in [0.25, 0.3) is 45.4 Å². The van der Waals surface area contributed by atoms with Gasteiger partial charge in [0.1, 0.15) is 5.01 Å². The minimum Gasteiger partial charge on any atom is -0.240 e. The monoisotopic (exact) mass is 480 g/mol. The summed E-state index contributed by atoms with van der Waals surface area (Å²) >= 11 is 7.50. The summed E-state index contributed by atoms with van der Waals surface area (Å²) in [5.41, 5.74) is 4.88. The van der Waals surface area contributed by atoms with E-state index in [2.05, 4.69) is 22.3 Å². The number of fused-ring (bicyclic) bond motifs is 1. The number of benzene rings is 3. The molecule has 0 saturated heterocycles. The van der Waals surface area contributed by atoms with Gasteiger partial charge in [-0.3, -0.25) is 0 Å². The molecule has 0 bridgehead atoms. The minimum absolute atomic E-state index is 0.677. The molecule has 0 amide bonds. The zero-order valence-corrected chi connectivity index (χ0v) is 19.4. The molecule has 3 heterocycles. The Morgan fingerprint density at radius 1 is 0.735 bits per heavy atom. The van der Waals surface area contributed by atoms with Crippen molar-refractivity contribution in [1.82, 2.24) is 29.6 Å². The molecular formula is C26H17ClN6S. The summed E-state index contributed by atoms with van der Waals surface area (Å²) in [5.74, 6) is 0.685. The van der Waals surface area contributed by atoms with Crippen LogP contribution < -0.4 is 0 Å². The topological polar surface area (TPSA) is 60.9 Å². The van der Waals surface area contributed by atoms with Crippen molar-refractivity contribution < 1.29 is 0 Å². The molecule has 0 N–H and O–H groups in total. The average molecular weight is 481 g/mol. The second kappa shape index (κ2) is 8.70. The normalized spacial score (nSPS) is 11.6. The van der Waals surface area contributed by atoms with Gasteiger partial charge in [0.05, 0.1) is 11.4 Å². The maximum atomic E-state index is 6.02. The highest BCUT2D eigenvalue weighted by atomic mass is 35.5. The van der Waals surface area contributed by atoms with Crippen LogP contribution in [0, 0.1) is 0 Å². The van der Waals surface area contributed by atoms with E-state index in [-0.39, 0.29) is 0 Å². The summed E-state index contributed by atoms with van der Waals surface area (Å²) < 4.78 is 3.66. The van der Waals surface area contributed by atoms with Crippen molar-refractivity contribution in [2.24, 2.45) is 0 Å². The number of hydrogen-bond acceptors (Lipinski definition) is 5. The van der Waals surface area contributed by atoms with Crippen molar-refractivity contribution in [2.75, 3.05) is 0 Å². The first kappa shape index (κ1) is 20.5. The van der Waals surface area contributed by atoms with Gasteiger partial charge in [-0.1, -0.05) is 71.5 Å². The van der Waals surface area contributed by atoms with Crippen molar-refractivity contribution in [3.05, 3.63) is 107 Å². The Labute approximate surface area is 204 Å². The molecule has 6 nitrogen and oxygen atoms in total. The summed E-state index contributed by atoms with van der Waals surface area (Å²) in [6, 6.07) is 27.8. The van der Waals surface area contributed by atoms with Gasteiger partial charge in [-0.25, -0.2) is 4.68 Å². The molecule has 8 heteroatoms. The molecule has 6 rings (SSSR count). The number of halogens is 1. The van der Waals surface area contributed by atoms with Crippen LogP contribution in [-0.4, -0.2) is 29.6 Å². The van der Waals surface area contributed by atoms with E-state index in [1.54, 1.807) is 4.52 Å². The maximum Gasteiger partial charge on any atom is 0.235 e. The van der Waals surface area contributed by atoms with Gasteiger partial charge < -0.3 is 0 Å². The molecule has 164 valence electrons. The predicted octanol–water partition coefficient (Wildman–Crippen LogP) is 6.53. The first-order chi connectivity index (χ1) is 16.7. The molecule has 34 heavy (non-hydrogen) atoms. The van der Waals surface area contributed by atoms with Crippen LogP contribution in [-0.2, 0) is 0 Å². The van der Waals surface area contributed by atoms with Crippen LogP contribution in [0.15, 0.2) is 91.1 Å². The van der Waals surface area contributed by atoms with Gasteiger partial charge >= 0.3 is 0 Å². The molecule has 6 aromatic rings. The molecule has 0 aliphatic heterocycles. The maximum absolute atomic E-state index is 6.02. The Hall–Kier alpha value is -4.07. The van der Waals surface area contributed by atoms with Crippen LogP contribution >= 0.6 is 22.9 Å². The lowest BCUT2D eigenvalue weighted by Gasteiger charge is -2.00. The van der Waals surface area contributed by atoms with Gasteiger partial charge in [0, 0.05) is 27.9 Å². The first-order valence-corrected chi connectivity index (χ1v) is 11.8. The van der Waals surface area contributed by atoms with E-state index in [0.717, 1.165) is 38.0 Å².